The number of aromatic nitrogens is 1. The summed E-state index contributed by atoms with van der Waals surface area (Å²) in [5, 5.41) is 9.24. The minimum absolute atomic E-state index is 0.0308. The first-order chi connectivity index (χ1) is 11.6. The van der Waals surface area contributed by atoms with Gasteiger partial charge in [-0.1, -0.05) is 42.5 Å². The Labute approximate surface area is 138 Å². The molecule has 0 radical (unpaired) electrons. The maximum absolute atomic E-state index is 11.3. The van der Waals surface area contributed by atoms with Gasteiger partial charge in [-0.25, -0.2) is 4.79 Å². The van der Waals surface area contributed by atoms with Gasteiger partial charge < -0.3 is 14.8 Å². The van der Waals surface area contributed by atoms with Crippen molar-refractivity contribution in [2.75, 3.05) is 0 Å². The van der Waals surface area contributed by atoms with Crippen LogP contribution in [0.5, 0.6) is 5.75 Å². The monoisotopic (exact) mass is 321 g/mol. The average molecular weight is 321 g/mol. The fourth-order valence-corrected chi connectivity index (χ4v) is 2.36. The topological polar surface area (TPSA) is 79.4 Å². The Bertz CT molecular complexity index is 899. The zero-order valence-corrected chi connectivity index (χ0v) is 12.7. The molecule has 1 heterocycles. The van der Waals surface area contributed by atoms with Crippen LogP contribution >= 0.6 is 0 Å². The van der Waals surface area contributed by atoms with Crippen LogP contribution in [0.2, 0.25) is 0 Å². The molecule has 0 aliphatic heterocycles. The smallest absolute Gasteiger partial charge is 0.336 e. The molecule has 3 rings (SSSR count). The molecule has 2 aromatic carbocycles. The predicted octanol–water partition coefficient (Wildman–Crippen LogP) is 3.32. The highest BCUT2D eigenvalue weighted by molar-refractivity contribution is 5.95. The Balaban J connectivity index is 1.80. The summed E-state index contributed by atoms with van der Waals surface area (Å²) in [6.45, 7) is 0.458. The van der Waals surface area contributed by atoms with E-state index in [2.05, 4.69) is 4.98 Å². The van der Waals surface area contributed by atoms with Gasteiger partial charge in [0.25, 0.3) is 0 Å². The molecular weight excluding hydrogens is 306 g/mol. The summed E-state index contributed by atoms with van der Waals surface area (Å²) in [5.74, 6) is -0.454. The zero-order chi connectivity index (χ0) is 16.9. The molecule has 2 N–H and O–H groups in total. The average Bonchev–Trinajstić information content (AvgIpc) is 2.61. The second kappa shape index (κ2) is 6.83. The predicted molar refractivity (Wildman–Crippen MR) is 90.2 cm³/mol. The maximum Gasteiger partial charge on any atom is 0.336 e. The zero-order valence-electron chi connectivity index (χ0n) is 12.7. The number of rotatable bonds is 5. The highest BCUT2D eigenvalue weighted by Crippen LogP contribution is 2.25. The molecule has 0 aliphatic carbocycles. The summed E-state index contributed by atoms with van der Waals surface area (Å²) >= 11 is 0. The molecule has 0 atom stereocenters. The van der Waals surface area contributed by atoms with E-state index in [9.17, 15) is 14.7 Å². The number of carbonyl (C=O) groups is 1. The lowest BCUT2D eigenvalue weighted by atomic mass is 10.0. The first-order valence-corrected chi connectivity index (χ1v) is 7.36. The number of benzene rings is 2. The van der Waals surface area contributed by atoms with E-state index in [0.717, 1.165) is 11.6 Å². The van der Waals surface area contributed by atoms with Gasteiger partial charge in [0.1, 0.15) is 12.4 Å². The summed E-state index contributed by atoms with van der Waals surface area (Å²) in [4.78, 5) is 25.1. The van der Waals surface area contributed by atoms with Crippen LogP contribution in [0.25, 0.3) is 11.1 Å². The highest BCUT2D eigenvalue weighted by atomic mass is 16.5. The Morgan fingerprint density at radius 3 is 2.42 bits per heavy atom. The van der Waals surface area contributed by atoms with Gasteiger partial charge in [-0.2, -0.15) is 0 Å². The van der Waals surface area contributed by atoms with Crippen LogP contribution in [0.1, 0.15) is 15.9 Å². The number of aromatic carboxylic acids is 1. The largest absolute Gasteiger partial charge is 0.489 e. The molecule has 0 spiro atoms. The van der Waals surface area contributed by atoms with Crippen LogP contribution < -0.4 is 10.3 Å². The van der Waals surface area contributed by atoms with E-state index < -0.39 is 11.5 Å². The molecule has 0 fully saturated rings. The van der Waals surface area contributed by atoms with E-state index in [1.165, 1.54) is 6.20 Å². The van der Waals surface area contributed by atoms with Crippen molar-refractivity contribution >= 4 is 5.97 Å². The van der Waals surface area contributed by atoms with Gasteiger partial charge >= 0.3 is 5.97 Å². The SMILES string of the molecule is O=C(O)c1cc(=O)[nH]cc1-c1ccc(OCc2ccccc2)cc1. The van der Waals surface area contributed by atoms with Crippen molar-refractivity contribution < 1.29 is 14.6 Å². The molecule has 0 aliphatic rings. The minimum atomic E-state index is -1.14. The van der Waals surface area contributed by atoms with E-state index in [-0.39, 0.29) is 5.56 Å². The van der Waals surface area contributed by atoms with Crippen molar-refractivity contribution in [1.29, 1.82) is 0 Å². The third-order valence-corrected chi connectivity index (χ3v) is 3.57. The van der Waals surface area contributed by atoms with Crippen LogP contribution in [-0.4, -0.2) is 16.1 Å². The third-order valence-electron chi connectivity index (χ3n) is 3.57. The van der Waals surface area contributed by atoms with Crippen molar-refractivity contribution in [3.8, 4) is 16.9 Å². The van der Waals surface area contributed by atoms with Gasteiger partial charge in [-0.3, -0.25) is 4.79 Å². The van der Waals surface area contributed by atoms with Crippen molar-refractivity contribution in [1.82, 2.24) is 4.98 Å². The molecule has 24 heavy (non-hydrogen) atoms. The fraction of sp³-hybridized carbons (Fsp3) is 0.0526. The summed E-state index contributed by atoms with van der Waals surface area (Å²) in [6, 6.07) is 18.0. The van der Waals surface area contributed by atoms with E-state index in [0.29, 0.717) is 23.5 Å². The van der Waals surface area contributed by atoms with E-state index in [1.807, 2.05) is 30.3 Å². The molecule has 5 nitrogen and oxygen atoms in total. The van der Waals surface area contributed by atoms with Gasteiger partial charge in [-0.05, 0) is 23.3 Å². The van der Waals surface area contributed by atoms with Crippen LogP contribution in [-0.2, 0) is 6.61 Å². The third kappa shape index (κ3) is 3.52. The molecule has 1 aromatic heterocycles. The molecule has 120 valence electrons. The molecule has 0 amide bonds. The summed E-state index contributed by atoms with van der Waals surface area (Å²) in [6.07, 6.45) is 1.41. The first kappa shape index (κ1) is 15.6. The van der Waals surface area contributed by atoms with Crippen LogP contribution in [0, 0.1) is 0 Å². The lowest BCUT2D eigenvalue weighted by Gasteiger charge is -2.09. The molecule has 0 saturated heterocycles. The maximum atomic E-state index is 11.3. The lowest BCUT2D eigenvalue weighted by Crippen LogP contribution is -2.10. The normalized spacial score (nSPS) is 10.3. The van der Waals surface area contributed by atoms with Crippen molar-refractivity contribution in [3.63, 3.8) is 0 Å². The number of ether oxygens (including phenoxy) is 1. The number of hydrogen-bond donors (Lipinski definition) is 2. The lowest BCUT2D eigenvalue weighted by molar-refractivity contribution is 0.0697. The molecule has 0 saturated carbocycles. The number of carboxylic acid groups (broad SMARTS) is 1. The summed E-state index contributed by atoms with van der Waals surface area (Å²) in [7, 11) is 0. The molecule has 0 unspecified atom stereocenters. The molecule has 5 heteroatoms. The number of pyridine rings is 1. The number of aromatic amines is 1. The number of nitrogens with one attached hydrogen (secondary N) is 1. The Morgan fingerprint density at radius 1 is 1.04 bits per heavy atom. The summed E-state index contributed by atoms with van der Waals surface area (Å²) < 4.78 is 5.71. The second-order valence-electron chi connectivity index (χ2n) is 5.23. The summed E-state index contributed by atoms with van der Waals surface area (Å²) in [5.41, 5.74) is 1.73. The number of hydrogen-bond acceptors (Lipinski definition) is 3. The van der Waals surface area contributed by atoms with Gasteiger partial charge in [0.05, 0.1) is 5.56 Å². The van der Waals surface area contributed by atoms with Crippen LogP contribution in [0.4, 0.5) is 0 Å². The number of H-pyrrole nitrogens is 1. The Morgan fingerprint density at radius 2 is 1.75 bits per heavy atom. The number of carboxylic acids is 1. The van der Waals surface area contributed by atoms with E-state index in [4.69, 9.17) is 4.74 Å². The minimum Gasteiger partial charge on any atom is -0.489 e. The van der Waals surface area contributed by atoms with Crippen LogP contribution in [0.15, 0.2) is 71.7 Å². The quantitative estimate of drug-likeness (QED) is 0.755. The van der Waals surface area contributed by atoms with Crippen LogP contribution in [0.3, 0.4) is 0 Å². The Kier molecular flexibility index (Phi) is 4.43. The molecular formula is C19H15NO4. The standard InChI is InChI=1S/C19H15NO4/c21-18-10-16(19(22)23)17(11-20-18)14-6-8-15(9-7-14)24-12-13-4-2-1-3-5-13/h1-11H,12H2,(H,20,21)(H,22,23). The van der Waals surface area contributed by atoms with Gasteiger partial charge in [-0.15, -0.1) is 0 Å². The van der Waals surface area contributed by atoms with E-state index >= 15 is 0 Å². The van der Waals surface area contributed by atoms with Crippen molar-refractivity contribution in [3.05, 3.63) is 88.3 Å². The first-order valence-electron chi connectivity index (χ1n) is 7.36. The second-order valence-corrected chi connectivity index (χ2v) is 5.23. The highest BCUT2D eigenvalue weighted by Gasteiger charge is 2.12. The fourth-order valence-electron chi connectivity index (χ4n) is 2.36. The molecule has 3 aromatic rings. The van der Waals surface area contributed by atoms with Gasteiger partial charge in [0.15, 0.2) is 0 Å². The van der Waals surface area contributed by atoms with Gasteiger partial charge in [0, 0.05) is 17.8 Å². The van der Waals surface area contributed by atoms with E-state index in [1.54, 1.807) is 24.3 Å². The van der Waals surface area contributed by atoms with Gasteiger partial charge in [0.2, 0.25) is 5.56 Å². The molecule has 0 bridgehead atoms. The van der Waals surface area contributed by atoms with Crippen molar-refractivity contribution in [2.45, 2.75) is 6.61 Å². The Hall–Kier alpha value is -3.34. The van der Waals surface area contributed by atoms with Crippen molar-refractivity contribution in [2.24, 2.45) is 0 Å².